The zero-order valence-corrected chi connectivity index (χ0v) is 18.8. The molecule has 1 aliphatic heterocycles. The molecule has 2 atom stereocenters. The number of ether oxygens (including phenoxy) is 1. The number of benzene rings is 2. The Bertz CT molecular complexity index is 1240. The average Bonchev–Trinajstić information content (AvgIpc) is 2.76. The maximum atomic E-state index is 13.3. The van der Waals surface area contributed by atoms with E-state index >= 15 is 0 Å². The molecule has 1 heterocycles. The minimum absolute atomic E-state index is 0.00924. The number of anilines is 2. The lowest BCUT2D eigenvalue weighted by Crippen LogP contribution is -2.62. The van der Waals surface area contributed by atoms with E-state index in [-0.39, 0.29) is 22.0 Å². The number of amides is 2. The number of sulfonamides is 1. The first-order valence-electron chi connectivity index (χ1n) is 9.86. The van der Waals surface area contributed by atoms with E-state index in [1.807, 2.05) is 5.32 Å². The van der Waals surface area contributed by atoms with E-state index in [4.69, 9.17) is 15.6 Å². The van der Waals surface area contributed by atoms with Gasteiger partial charge in [-0.05, 0) is 49.4 Å². The average molecular weight is 520 g/mol. The molecule has 3 rings (SSSR count). The molecule has 5 N–H and O–H groups in total. The highest BCUT2D eigenvalue weighted by Crippen LogP contribution is 2.39. The number of fused-ring (bicyclic) bond motifs is 1. The summed E-state index contributed by atoms with van der Waals surface area (Å²) in [5.74, 6) is -2.29. The number of rotatable bonds is 6. The molecule has 0 fully saturated rings. The van der Waals surface area contributed by atoms with Crippen molar-refractivity contribution in [2.45, 2.75) is 29.6 Å². The Morgan fingerprint density at radius 1 is 1.20 bits per heavy atom. The Labute approximate surface area is 196 Å². The molecule has 2 aromatic carbocycles. The number of nitrogens with one attached hydrogen (secondary N) is 2. The first kappa shape index (κ1) is 26.0. The third-order valence-electron chi connectivity index (χ3n) is 5.09. The van der Waals surface area contributed by atoms with Gasteiger partial charge in [0.1, 0.15) is 17.7 Å². The number of halogens is 4. The SMILES string of the molecule is CC(N)(C(=O)NC[C@H]1CN(S(=O)(=O)c2ccc(F)cc2)c2cc(NC(=O)O)ccc2O1)C(F)(F)F. The third kappa shape index (κ3) is 5.40. The van der Waals surface area contributed by atoms with Crippen LogP contribution >= 0.6 is 0 Å². The zero-order chi connectivity index (χ0) is 26.2. The number of carboxylic acid groups (broad SMARTS) is 1. The lowest BCUT2D eigenvalue weighted by atomic mass is 10.0. The van der Waals surface area contributed by atoms with E-state index in [0.717, 1.165) is 28.6 Å². The second-order valence-corrected chi connectivity index (χ2v) is 9.62. The van der Waals surface area contributed by atoms with Crippen molar-refractivity contribution < 1.29 is 45.4 Å². The molecule has 0 bridgehead atoms. The van der Waals surface area contributed by atoms with Gasteiger partial charge in [0.25, 0.3) is 10.0 Å². The minimum Gasteiger partial charge on any atom is -0.484 e. The summed E-state index contributed by atoms with van der Waals surface area (Å²) in [5, 5.41) is 13.0. The maximum Gasteiger partial charge on any atom is 0.415 e. The molecule has 1 unspecified atom stereocenters. The lowest BCUT2D eigenvalue weighted by Gasteiger charge is -2.36. The standard InChI is InChI=1S/C20H20F4N4O6S/c1-19(25,20(22,23)24)17(29)26-9-13-10-28(35(32,33)14-5-2-11(21)3-6-14)15-8-12(27-18(30)31)4-7-16(15)34-13/h2-8,13,27H,9-10,25H2,1H3,(H,26,29)(H,30,31)/t13-,19?/m0/s1. The van der Waals surface area contributed by atoms with Crippen LogP contribution < -0.4 is 25.4 Å². The van der Waals surface area contributed by atoms with Crippen LogP contribution in [0.1, 0.15) is 6.92 Å². The molecule has 35 heavy (non-hydrogen) atoms. The molecule has 2 amide bonds. The van der Waals surface area contributed by atoms with Crippen molar-refractivity contribution in [1.29, 1.82) is 0 Å². The van der Waals surface area contributed by atoms with Gasteiger partial charge in [0, 0.05) is 5.69 Å². The van der Waals surface area contributed by atoms with Gasteiger partial charge in [0.2, 0.25) is 5.91 Å². The zero-order valence-electron chi connectivity index (χ0n) is 18.0. The van der Waals surface area contributed by atoms with Crippen LogP contribution in [-0.4, -0.2) is 56.4 Å². The molecule has 10 nitrogen and oxygen atoms in total. The summed E-state index contributed by atoms with van der Waals surface area (Å²) in [4.78, 5) is 22.7. The van der Waals surface area contributed by atoms with Crippen molar-refractivity contribution in [3.05, 3.63) is 48.3 Å². The number of carbonyl (C=O) groups excluding carboxylic acids is 1. The summed E-state index contributed by atoms with van der Waals surface area (Å²) >= 11 is 0. The van der Waals surface area contributed by atoms with Crippen LogP contribution in [0.25, 0.3) is 0 Å². The van der Waals surface area contributed by atoms with Crippen LogP contribution in [0.3, 0.4) is 0 Å². The fourth-order valence-electron chi connectivity index (χ4n) is 3.10. The van der Waals surface area contributed by atoms with Crippen LogP contribution in [0.2, 0.25) is 0 Å². The molecule has 2 aromatic rings. The number of nitrogens with two attached hydrogens (primary N) is 1. The minimum atomic E-state index is -5.04. The van der Waals surface area contributed by atoms with Crippen LogP contribution in [0.4, 0.5) is 33.7 Å². The number of carbonyl (C=O) groups is 2. The highest BCUT2D eigenvalue weighted by Gasteiger charge is 2.54. The van der Waals surface area contributed by atoms with Gasteiger partial charge < -0.3 is 20.9 Å². The van der Waals surface area contributed by atoms with E-state index in [9.17, 15) is 35.6 Å². The van der Waals surface area contributed by atoms with Crippen LogP contribution in [-0.2, 0) is 14.8 Å². The number of nitrogens with zero attached hydrogens (tertiary/aromatic N) is 1. The monoisotopic (exact) mass is 520 g/mol. The van der Waals surface area contributed by atoms with Gasteiger partial charge in [-0.15, -0.1) is 0 Å². The van der Waals surface area contributed by atoms with Crippen molar-refractivity contribution in [3.8, 4) is 5.75 Å². The summed E-state index contributed by atoms with van der Waals surface area (Å²) in [6.45, 7) is -0.524. The second kappa shape index (κ2) is 9.22. The highest BCUT2D eigenvalue weighted by molar-refractivity contribution is 7.92. The smallest absolute Gasteiger partial charge is 0.415 e. The van der Waals surface area contributed by atoms with Crippen molar-refractivity contribution in [1.82, 2.24) is 5.32 Å². The molecule has 0 aromatic heterocycles. The highest BCUT2D eigenvalue weighted by atomic mass is 32.2. The quantitative estimate of drug-likeness (QED) is 0.427. The van der Waals surface area contributed by atoms with Crippen molar-refractivity contribution >= 4 is 33.4 Å². The van der Waals surface area contributed by atoms with Gasteiger partial charge in [-0.2, -0.15) is 13.2 Å². The van der Waals surface area contributed by atoms with E-state index in [0.29, 0.717) is 6.92 Å². The van der Waals surface area contributed by atoms with E-state index in [2.05, 4.69) is 5.32 Å². The normalized spacial score (nSPS) is 17.5. The fraction of sp³-hybridized carbons (Fsp3) is 0.300. The lowest BCUT2D eigenvalue weighted by molar-refractivity contribution is -0.187. The van der Waals surface area contributed by atoms with Crippen LogP contribution in [0, 0.1) is 5.82 Å². The molecule has 0 radical (unpaired) electrons. The summed E-state index contributed by atoms with van der Waals surface area (Å²) < 4.78 is 85.5. The van der Waals surface area contributed by atoms with Gasteiger partial charge in [0.15, 0.2) is 5.54 Å². The van der Waals surface area contributed by atoms with Crippen molar-refractivity contribution in [2.75, 3.05) is 22.7 Å². The Balaban J connectivity index is 1.94. The Hall–Kier alpha value is -3.59. The largest absolute Gasteiger partial charge is 0.484 e. The van der Waals surface area contributed by atoms with Crippen LogP contribution in [0.5, 0.6) is 5.75 Å². The summed E-state index contributed by atoms with van der Waals surface area (Å²) in [6.07, 6.45) is -7.60. The summed E-state index contributed by atoms with van der Waals surface area (Å²) in [5.41, 5.74) is 1.83. The van der Waals surface area contributed by atoms with E-state index < -0.39 is 58.7 Å². The van der Waals surface area contributed by atoms with Crippen molar-refractivity contribution in [2.24, 2.45) is 5.73 Å². The van der Waals surface area contributed by atoms with Gasteiger partial charge in [-0.25, -0.2) is 17.6 Å². The number of hydrogen-bond donors (Lipinski definition) is 4. The first-order valence-corrected chi connectivity index (χ1v) is 11.3. The van der Waals surface area contributed by atoms with Gasteiger partial charge >= 0.3 is 12.3 Å². The third-order valence-corrected chi connectivity index (χ3v) is 6.89. The molecule has 1 aliphatic rings. The van der Waals surface area contributed by atoms with Crippen LogP contribution in [0.15, 0.2) is 47.4 Å². The molecule has 0 saturated carbocycles. The predicted molar refractivity (Wildman–Crippen MR) is 115 cm³/mol. The molecular weight excluding hydrogens is 500 g/mol. The van der Waals surface area contributed by atoms with E-state index in [1.54, 1.807) is 0 Å². The maximum absolute atomic E-state index is 13.3. The molecular formula is C20H20F4N4O6S. The molecule has 190 valence electrons. The van der Waals surface area contributed by atoms with Gasteiger partial charge in [0.05, 0.1) is 23.7 Å². The predicted octanol–water partition coefficient (Wildman–Crippen LogP) is 2.27. The fourth-order valence-corrected chi connectivity index (χ4v) is 4.60. The van der Waals surface area contributed by atoms with Crippen molar-refractivity contribution in [3.63, 3.8) is 0 Å². The summed E-state index contributed by atoms with van der Waals surface area (Å²) in [6, 6.07) is 7.58. The first-order chi connectivity index (χ1) is 16.1. The van der Waals surface area contributed by atoms with Gasteiger partial charge in [-0.3, -0.25) is 14.4 Å². The molecule has 0 spiro atoms. The Morgan fingerprint density at radius 2 is 1.83 bits per heavy atom. The topological polar surface area (TPSA) is 151 Å². The number of alkyl halides is 3. The molecule has 0 saturated heterocycles. The molecule has 0 aliphatic carbocycles. The molecule has 15 heteroatoms. The second-order valence-electron chi connectivity index (χ2n) is 7.75. The summed E-state index contributed by atoms with van der Waals surface area (Å²) in [7, 11) is -4.37. The Kier molecular flexibility index (Phi) is 6.86. The van der Waals surface area contributed by atoms with Gasteiger partial charge in [-0.1, -0.05) is 0 Å². The number of hydrogen-bond acceptors (Lipinski definition) is 6. The van der Waals surface area contributed by atoms with E-state index in [1.165, 1.54) is 18.2 Å². The Morgan fingerprint density at radius 3 is 2.40 bits per heavy atom.